The molecular weight excluding hydrogens is 517 g/mol. The van der Waals surface area contributed by atoms with E-state index in [1.54, 1.807) is 14.2 Å². The summed E-state index contributed by atoms with van der Waals surface area (Å²) in [7, 11) is 0.536. The predicted octanol–water partition coefficient (Wildman–Crippen LogP) is 3.96. The summed E-state index contributed by atoms with van der Waals surface area (Å²) >= 11 is 0. The van der Waals surface area contributed by atoms with Crippen LogP contribution in [0.2, 0.25) is 0 Å². The van der Waals surface area contributed by atoms with Crippen molar-refractivity contribution in [1.82, 2.24) is 14.7 Å². The third-order valence-electron chi connectivity index (χ3n) is 7.92. The number of hydrogen-bond donors (Lipinski definition) is 1. The number of rotatable bonds is 5. The van der Waals surface area contributed by atoms with Gasteiger partial charge < -0.3 is 28.6 Å². The fourth-order valence-corrected chi connectivity index (χ4v) is 10.0. The van der Waals surface area contributed by atoms with Gasteiger partial charge in [-0.2, -0.15) is 0 Å². The van der Waals surface area contributed by atoms with E-state index in [0.717, 1.165) is 69.1 Å². The third kappa shape index (κ3) is 6.20. The Morgan fingerprint density at radius 2 is 1.15 bits per heavy atom. The number of methoxy groups -OCH3 is 2. The van der Waals surface area contributed by atoms with E-state index in [9.17, 15) is 9.67 Å². The first-order chi connectivity index (χ1) is 19.0. The summed E-state index contributed by atoms with van der Waals surface area (Å²) in [6.45, 7) is 6.30. The highest BCUT2D eigenvalue weighted by atomic mass is 31.2. The SMILES string of the molecule is C1CCOC1.C1CCOC1.COc1ccc(C(O)(c2ccc(OC)cc2)[C@H]2N3CN4CN(C3)CP2(=O)C4)cc1. The molecule has 0 amide bonds. The van der Waals surface area contributed by atoms with Crippen molar-refractivity contribution >= 4 is 7.14 Å². The van der Waals surface area contributed by atoms with E-state index >= 15 is 0 Å². The van der Waals surface area contributed by atoms with Crippen molar-refractivity contribution in [3.05, 3.63) is 59.7 Å². The lowest BCUT2D eigenvalue weighted by Gasteiger charge is -2.61. The van der Waals surface area contributed by atoms with Gasteiger partial charge >= 0.3 is 0 Å². The molecule has 6 saturated heterocycles. The number of benzene rings is 2. The van der Waals surface area contributed by atoms with Gasteiger partial charge in [0.2, 0.25) is 0 Å². The molecule has 0 saturated carbocycles. The van der Waals surface area contributed by atoms with Crippen LogP contribution in [-0.2, 0) is 19.6 Å². The van der Waals surface area contributed by atoms with Crippen LogP contribution in [0.15, 0.2) is 48.5 Å². The van der Waals surface area contributed by atoms with Crippen molar-refractivity contribution in [2.24, 2.45) is 0 Å². The van der Waals surface area contributed by atoms with Gasteiger partial charge in [-0.1, -0.05) is 24.3 Å². The molecule has 6 aliphatic heterocycles. The molecule has 1 N–H and O–H groups in total. The lowest BCUT2D eigenvalue weighted by molar-refractivity contribution is -0.0978. The van der Waals surface area contributed by atoms with E-state index in [1.807, 2.05) is 48.5 Å². The first-order valence-corrected chi connectivity index (χ1v) is 16.0. The van der Waals surface area contributed by atoms with Gasteiger partial charge in [0.05, 0.1) is 46.8 Å². The Morgan fingerprint density at radius 3 is 1.46 bits per heavy atom. The molecule has 0 spiro atoms. The van der Waals surface area contributed by atoms with Gasteiger partial charge in [0.25, 0.3) is 0 Å². The van der Waals surface area contributed by atoms with Crippen LogP contribution in [0.25, 0.3) is 0 Å². The molecule has 3 atom stereocenters. The molecule has 2 aromatic carbocycles. The summed E-state index contributed by atoms with van der Waals surface area (Å²) in [6.07, 6.45) is 6.22. The summed E-state index contributed by atoms with van der Waals surface area (Å²) in [5.41, 5.74) is 0.0474. The Kier molecular flexibility index (Phi) is 9.29. The quantitative estimate of drug-likeness (QED) is 0.548. The van der Waals surface area contributed by atoms with Crippen LogP contribution >= 0.6 is 7.14 Å². The lowest BCUT2D eigenvalue weighted by Crippen LogP contribution is -2.70. The van der Waals surface area contributed by atoms with Crippen LogP contribution in [0, 0.1) is 0 Å². The Bertz CT molecular complexity index is 1020. The van der Waals surface area contributed by atoms with Crippen LogP contribution in [-0.4, -0.2) is 98.8 Å². The van der Waals surface area contributed by atoms with Crippen LogP contribution in [0.3, 0.4) is 0 Å². The molecule has 2 unspecified atom stereocenters. The standard InChI is InChI=1S/C21H26N3O4P.2C4H8O/c1-27-18-7-3-16(4-8-18)21(25,17-5-9-19(28-2)10-6-17)20-24-12-22-11-23(13-24)15-29(20,26)14-22;2*1-2-4-5-3-1/h3-10,20,25H,11-15H2,1-2H3;2*1-4H2/t20-;;/m0../s1. The highest BCUT2D eigenvalue weighted by Crippen LogP contribution is 2.65. The minimum absolute atomic E-state index is 0.468. The number of hydrogen-bond acceptors (Lipinski definition) is 9. The maximum atomic E-state index is 14.1. The Morgan fingerprint density at radius 1 is 0.744 bits per heavy atom. The largest absolute Gasteiger partial charge is 0.497 e. The van der Waals surface area contributed by atoms with E-state index in [2.05, 4.69) is 14.7 Å². The summed E-state index contributed by atoms with van der Waals surface area (Å²) in [5.74, 6) is 0.977. The van der Waals surface area contributed by atoms with Crippen LogP contribution in [0.1, 0.15) is 36.8 Å². The first kappa shape index (κ1) is 28.6. The molecule has 0 radical (unpaired) electrons. The van der Waals surface area contributed by atoms with Crippen molar-refractivity contribution in [2.75, 3.05) is 73.2 Å². The summed E-state index contributed by atoms with van der Waals surface area (Å²) < 4.78 is 34.6. The fraction of sp³-hybridized carbons (Fsp3) is 0.586. The Balaban J connectivity index is 0.000000258. The van der Waals surface area contributed by atoms with Gasteiger partial charge in [0, 0.05) is 26.4 Å². The van der Waals surface area contributed by atoms with E-state index < -0.39 is 18.5 Å². The van der Waals surface area contributed by atoms with Crippen LogP contribution < -0.4 is 9.47 Å². The minimum Gasteiger partial charge on any atom is -0.497 e. The Labute approximate surface area is 231 Å². The van der Waals surface area contributed by atoms with Crippen molar-refractivity contribution in [2.45, 2.75) is 37.1 Å². The number of aliphatic hydroxyl groups is 1. The normalized spacial score (nSPS) is 30.6. The van der Waals surface area contributed by atoms with E-state index in [4.69, 9.17) is 18.9 Å². The van der Waals surface area contributed by atoms with Gasteiger partial charge in [-0.3, -0.25) is 14.7 Å². The van der Waals surface area contributed by atoms with Crippen LogP contribution in [0.4, 0.5) is 0 Å². The third-order valence-corrected chi connectivity index (χ3v) is 11.3. The van der Waals surface area contributed by atoms with Crippen molar-refractivity contribution in [1.29, 1.82) is 0 Å². The van der Waals surface area contributed by atoms with Gasteiger partial charge in [-0.25, -0.2) is 0 Å². The zero-order chi connectivity index (χ0) is 27.3. The van der Waals surface area contributed by atoms with Crippen molar-refractivity contribution < 1.29 is 28.6 Å². The molecule has 10 heteroatoms. The molecule has 6 fully saturated rings. The highest BCUT2D eigenvalue weighted by Gasteiger charge is 2.60. The zero-order valence-corrected chi connectivity index (χ0v) is 24.1. The number of nitrogens with zero attached hydrogens (tertiary/aromatic N) is 3. The molecule has 8 rings (SSSR count). The van der Waals surface area contributed by atoms with Gasteiger partial charge in [0.15, 0.2) is 0 Å². The van der Waals surface area contributed by atoms with E-state index in [-0.39, 0.29) is 0 Å². The molecule has 0 aliphatic carbocycles. The maximum absolute atomic E-state index is 14.1. The highest BCUT2D eigenvalue weighted by molar-refractivity contribution is 7.64. The van der Waals surface area contributed by atoms with Gasteiger partial charge in [-0.05, 0) is 61.1 Å². The van der Waals surface area contributed by atoms with Crippen molar-refractivity contribution in [3.8, 4) is 11.5 Å². The maximum Gasteiger partial charge on any atom is 0.137 e. The molecule has 4 bridgehead atoms. The smallest absolute Gasteiger partial charge is 0.137 e. The second-order valence-electron chi connectivity index (χ2n) is 10.8. The molecule has 214 valence electrons. The summed E-state index contributed by atoms with van der Waals surface area (Å²) in [6, 6.07) is 14.9. The monoisotopic (exact) mass is 559 g/mol. The number of ether oxygens (including phenoxy) is 4. The molecule has 2 aromatic rings. The fourth-order valence-electron chi connectivity index (χ4n) is 6.22. The van der Waals surface area contributed by atoms with E-state index in [0.29, 0.717) is 12.6 Å². The molecule has 9 nitrogen and oxygen atoms in total. The van der Waals surface area contributed by atoms with E-state index in [1.165, 1.54) is 25.7 Å². The van der Waals surface area contributed by atoms with Crippen LogP contribution in [0.5, 0.6) is 11.5 Å². The first-order valence-electron chi connectivity index (χ1n) is 13.9. The topological polar surface area (TPSA) is 83.9 Å². The molecule has 6 aliphatic rings. The Hall–Kier alpha value is -1.97. The molecule has 6 heterocycles. The second-order valence-corrected chi connectivity index (χ2v) is 13.8. The lowest BCUT2D eigenvalue weighted by atomic mass is 9.85. The predicted molar refractivity (Wildman–Crippen MR) is 150 cm³/mol. The van der Waals surface area contributed by atoms with Crippen molar-refractivity contribution in [3.63, 3.8) is 0 Å². The van der Waals surface area contributed by atoms with Gasteiger partial charge in [-0.15, -0.1) is 0 Å². The summed E-state index contributed by atoms with van der Waals surface area (Å²) in [5, 5.41) is 12.3. The molecule has 39 heavy (non-hydrogen) atoms. The van der Waals surface area contributed by atoms with Gasteiger partial charge in [0.1, 0.15) is 30.0 Å². The average Bonchev–Trinajstić information content (AvgIpc) is 3.72. The summed E-state index contributed by atoms with van der Waals surface area (Å²) in [4.78, 5) is 6.60. The average molecular weight is 560 g/mol. The second kappa shape index (κ2) is 12.7. The minimum atomic E-state index is -2.70. The molecule has 0 aromatic heterocycles. The molecular formula is C29H42N3O6P. The zero-order valence-electron chi connectivity index (χ0n) is 23.2.